The van der Waals surface area contributed by atoms with Crippen molar-refractivity contribution in [3.8, 4) is 0 Å². The highest BCUT2D eigenvalue weighted by Gasteiger charge is 2.40. The molecule has 4 rings (SSSR count). The maximum Gasteiger partial charge on any atom is 0.251 e. The third kappa shape index (κ3) is 2.23. The summed E-state index contributed by atoms with van der Waals surface area (Å²) >= 11 is 0. The van der Waals surface area contributed by atoms with Crippen LogP contribution in [0.2, 0.25) is 0 Å². The zero-order valence-corrected chi connectivity index (χ0v) is 12.2. The topological polar surface area (TPSA) is 54.3 Å². The summed E-state index contributed by atoms with van der Waals surface area (Å²) in [6.07, 6.45) is 3.50. The number of hydrogen-bond acceptors (Lipinski definition) is 3. The van der Waals surface area contributed by atoms with Crippen LogP contribution in [-0.4, -0.2) is 24.5 Å². The second-order valence-corrected chi connectivity index (χ2v) is 6.28. The van der Waals surface area contributed by atoms with Crippen molar-refractivity contribution in [2.75, 3.05) is 6.54 Å². The van der Waals surface area contributed by atoms with Crippen molar-refractivity contribution in [3.05, 3.63) is 35.6 Å². The van der Waals surface area contributed by atoms with E-state index in [-0.39, 0.29) is 5.91 Å². The van der Waals surface area contributed by atoms with Gasteiger partial charge in [0.05, 0.1) is 0 Å². The van der Waals surface area contributed by atoms with E-state index in [9.17, 15) is 4.79 Å². The number of hydrogen-bond donors (Lipinski definition) is 2. The smallest absolute Gasteiger partial charge is 0.251 e. The van der Waals surface area contributed by atoms with E-state index in [1.54, 1.807) is 0 Å². The van der Waals surface area contributed by atoms with E-state index in [0.29, 0.717) is 18.0 Å². The summed E-state index contributed by atoms with van der Waals surface area (Å²) in [6.45, 7) is 2.93. The number of carbonyl (C=O) groups excluding carboxylic acids is 1. The Morgan fingerprint density at radius 3 is 3.00 bits per heavy atom. The molecule has 1 aromatic carbocycles. The van der Waals surface area contributed by atoms with Gasteiger partial charge in [-0.3, -0.25) is 4.79 Å². The van der Waals surface area contributed by atoms with E-state index in [1.807, 2.05) is 31.2 Å². The molecule has 21 heavy (non-hydrogen) atoms. The van der Waals surface area contributed by atoms with Crippen molar-refractivity contribution in [1.82, 2.24) is 10.6 Å². The number of fused-ring (bicyclic) bond motifs is 2. The normalized spacial score (nSPS) is 28.0. The van der Waals surface area contributed by atoms with Crippen LogP contribution in [0.15, 0.2) is 28.7 Å². The van der Waals surface area contributed by atoms with Crippen molar-refractivity contribution in [2.45, 2.75) is 38.3 Å². The van der Waals surface area contributed by atoms with Crippen molar-refractivity contribution in [1.29, 1.82) is 0 Å². The van der Waals surface area contributed by atoms with Crippen molar-refractivity contribution < 1.29 is 9.21 Å². The summed E-state index contributed by atoms with van der Waals surface area (Å²) < 4.78 is 5.55. The number of carbonyl (C=O) groups is 1. The van der Waals surface area contributed by atoms with E-state index in [2.05, 4.69) is 10.6 Å². The second kappa shape index (κ2) is 4.88. The largest absolute Gasteiger partial charge is 0.461 e. The lowest BCUT2D eigenvalue weighted by Gasteiger charge is -2.46. The molecule has 2 fully saturated rings. The summed E-state index contributed by atoms with van der Waals surface area (Å²) in [6, 6.07) is 8.55. The van der Waals surface area contributed by atoms with Gasteiger partial charge in [0.2, 0.25) is 0 Å². The van der Waals surface area contributed by atoms with E-state index in [1.165, 1.54) is 12.8 Å². The van der Waals surface area contributed by atoms with Crippen LogP contribution in [0.3, 0.4) is 0 Å². The molecule has 1 saturated carbocycles. The molecule has 0 spiro atoms. The number of benzene rings is 1. The van der Waals surface area contributed by atoms with Crippen LogP contribution < -0.4 is 10.6 Å². The summed E-state index contributed by atoms with van der Waals surface area (Å²) in [5.41, 5.74) is 1.56. The molecular formula is C17H20N2O2. The van der Waals surface area contributed by atoms with Crippen LogP contribution in [0.25, 0.3) is 11.0 Å². The second-order valence-electron chi connectivity index (χ2n) is 6.28. The molecule has 1 aromatic heterocycles. The summed E-state index contributed by atoms with van der Waals surface area (Å²) in [5.74, 6) is 1.52. The maximum absolute atomic E-state index is 12.5. The molecule has 2 unspecified atom stereocenters. The van der Waals surface area contributed by atoms with Gasteiger partial charge < -0.3 is 15.1 Å². The van der Waals surface area contributed by atoms with Gasteiger partial charge in [0.25, 0.3) is 5.91 Å². The Kier molecular flexibility index (Phi) is 3.00. The highest BCUT2D eigenvalue weighted by molar-refractivity contribution is 5.98. The first-order valence-electron chi connectivity index (χ1n) is 7.75. The van der Waals surface area contributed by atoms with Crippen LogP contribution >= 0.6 is 0 Å². The minimum absolute atomic E-state index is 0.0355. The minimum atomic E-state index is 0.0355. The molecule has 3 atom stereocenters. The zero-order chi connectivity index (χ0) is 14.4. The lowest BCUT2D eigenvalue weighted by molar-refractivity contribution is 0.0798. The van der Waals surface area contributed by atoms with E-state index in [0.717, 1.165) is 35.3 Å². The van der Waals surface area contributed by atoms with Crippen LogP contribution in [0.5, 0.6) is 0 Å². The van der Waals surface area contributed by atoms with Crippen LogP contribution in [0.4, 0.5) is 0 Å². The number of rotatable bonds is 2. The van der Waals surface area contributed by atoms with Crippen LogP contribution in [0.1, 0.15) is 35.4 Å². The molecule has 0 bridgehead atoms. The fourth-order valence-corrected chi connectivity index (χ4v) is 3.65. The van der Waals surface area contributed by atoms with Gasteiger partial charge in [-0.15, -0.1) is 0 Å². The van der Waals surface area contributed by atoms with E-state index < -0.39 is 0 Å². The highest BCUT2D eigenvalue weighted by Crippen LogP contribution is 2.34. The first-order chi connectivity index (χ1) is 10.2. The average molecular weight is 284 g/mol. The van der Waals surface area contributed by atoms with Crippen LogP contribution in [-0.2, 0) is 0 Å². The molecule has 1 aliphatic heterocycles. The predicted molar refractivity (Wildman–Crippen MR) is 81.3 cm³/mol. The fraction of sp³-hybridized carbons (Fsp3) is 0.471. The Morgan fingerprint density at radius 2 is 2.19 bits per heavy atom. The zero-order valence-electron chi connectivity index (χ0n) is 12.2. The quantitative estimate of drug-likeness (QED) is 0.891. The molecule has 2 aromatic rings. The molecule has 2 N–H and O–H groups in total. The Hall–Kier alpha value is -1.81. The van der Waals surface area contributed by atoms with Gasteiger partial charge in [0.1, 0.15) is 11.3 Å². The van der Waals surface area contributed by atoms with Gasteiger partial charge in [-0.25, -0.2) is 0 Å². The molecule has 1 aliphatic carbocycles. The van der Waals surface area contributed by atoms with Crippen molar-refractivity contribution in [2.24, 2.45) is 5.92 Å². The lowest BCUT2D eigenvalue weighted by atomic mass is 9.71. The van der Waals surface area contributed by atoms with Gasteiger partial charge in [-0.1, -0.05) is 0 Å². The highest BCUT2D eigenvalue weighted by atomic mass is 16.3. The molecule has 0 radical (unpaired) electrons. The van der Waals surface area contributed by atoms with Crippen molar-refractivity contribution >= 4 is 16.9 Å². The molecule has 1 amide bonds. The number of furan rings is 1. The summed E-state index contributed by atoms with van der Waals surface area (Å²) in [7, 11) is 0. The Bertz CT molecular complexity index is 691. The number of piperidine rings is 1. The van der Waals surface area contributed by atoms with Crippen molar-refractivity contribution in [3.63, 3.8) is 0 Å². The Morgan fingerprint density at radius 1 is 1.29 bits per heavy atom. The molecule has 2 aliphatic rings. The van der Waals surface area contributed by atoms with Gasteiger partial charge in [0, 0.05) is 23.0 Å². The predicted octanol–water partition coefficient (Wildman–Crippen LogP) is 2.61. The standard InChI is InChI=1S/C17H20N2O2/c1-10-8-12-9-11(2-5-16(12)21-10)17(20)19-15-6-7-18-14-4-3-13(14)15/h2,5,8-9,13-15,18H,3-4,6-7H2,1H3,(H,19,20)/t13?,14?,15-/m1/s1. The molecule has 2 heterocycles. The summed E-state index contributed by atoms with van der Waals surface area (Å²) in [5, 5.41) is 7.75. The fourth-order valence-electron chi connectivity index (χ4n) is 3.65. The third-order valence-electron chi connectivity index (χ3n) is 4.92. The Labute approximate surface area is 123 Å². The lowest BCUT2D eigenvalue weighted by Crippen LogP contribution is -2.59. The van der Waals surface area contributed by atoms with Crippen LogP contribution in [0, 0.1) is 12.8 Å². The third-order valence-corrected chi connectivity index (χ3v) is 4.92. The first kappa shape index (κ1) is 12.9. The van der Waals surface area contributed by atoms with E-state index >= 15 is 0 Å². The SMILES string of the molecule is Cc1cc2cc(C(=O)N[C@@H]3CCNC4CCC43)ccc2o1. The molecular weight excluding hydrogens is 264 g/mol. The van der Waals surface area contributed by atoms with Gasteiger partial charge >= 0.3 is 0 Å². The van der Waals surface area contributed by atoms with E-state index in [4.69, 9.17) is 4.42 Å². The average Bonchev–Trinajstić information content (AvgIpc) is 2.79. The summed E-state index contributed by atoms with van der Waals surface area (Å²) in [4.78, 5) is 12.5. The molecule has 110 valence electrons. The Balaban J connectivity index is 1.52. The van der Waals surface area contributed by atoms with Gasteiger partial charge in [-0.2, -0.15) is 0 Å². The van der Waals surface area contributed by atoms with Gasteiger partial charge in [0.15, 0.2) is 0 Å². The number of nitrogens with one attached hydrogen (secondary N) is 2. The monoisotopic (exact) mass is 284 g/mol. The molecule has 1 saturated heterocycles. The number of aryl methyl sites for hydroxylation is 1. The number of amides is 1. The first-order valence-corrected chi connectivity index (χ1v) is 7.75. The minimum Gasteiger partial charge on any atom is -0.461 e. The molecule has 4 nitrogen and oxygen atoms in total. The molecule has 4 heteroatoms. The maximum atomic E-state index is 12.5. The van der Waals surface area contributed by atoms with Gasteiger partial charge in [-0.05, 0) is 62.9 Å².